The number of fused-ring (bicyclic) bond motifs is 1. The fourth-order valence-corrected chi connectivity index (χ4v) is 4.75. The minimum absolute atomic E-state index is 0.231. The molecule has 0 bridgehead atoms. The molecule has 5 rings (SSSR count). The summed E-state index contributed by atoms with van der Waals surface area (Å²) in [6.07, 6.45) is 1.59. The van der Waals surface area contributed by atoms with E-state index in [2.05, 4.69) is 16.5 Å². The number of carbonyl (C=O) groups excluding carboxylic acids is 1. The van der Waals surface area contributed by atoms with Gasteiger partial charge in [0, 0.05) is 25.2 Å². The number of para-hydroxylation sites is 1. The highest BCUT2D eigenvalue weighted by Gasteiger charge is 2.36. The lowest BCUT2D eigenvalue weighted by Gasteiger charge is -2.38. The summed E-state index contributed by atoms with van der Waals surface area (Å²) in [7, 11) is 0. The van der Waals surface area contributed by atoms with Gasteiger partial charge in [0.15, 0.2) is 11.5 Å². The average molecular weight is 454 g/mol. The zero-order valence-corrected chi connectivity index (χ0v) is 18.5. The highest BCUT2D eigenvalue weighted by molar-refractivity contribution is 6.33. The maximum Gasteiger partial charge on any atom is 0.256 e. The van der Waals surface area contributed by atoms with Crippen LogP contribution in [-0.2, 0) is 10.2 Å². The van der Waals surface area contributed by atoms with Gasteiger partial charge >= 0.3 is 0 Å². The van der Waals surface area contributed by atoms with Gasteiger partial charge in [-0.1, -0.05) is 35.9 Å². The molecule has 1 amide bonds. The van der Waals surface area contributed by atoms with E-state index in [-0.39, 0.29) is 18.1 Å². The summed E-state index contributed by atoms with van der Waals surface area (Å²) in [5, 5.41) is 7.90. The first kappa shape index (κ1) is 20.8. The summed E-state index contributed by atoms with van der Waals surface area (Å²) in [6, 6.07) is 15.5. The number of benzene rings is 2. The number of ether oxygens (including phenoxy) is 3. The highest BCUT2D eigenvalue weighted by atomic mass is 35.5. The molecule has 1 aromatic heterocycles. The Morgan fingerprint density at radius 1 is 1.12 bits per heavy atom. The Hall–Kier alpha value is -3.03. The van der Waals surface area contributed by atoms with Crippen molar-refractivity contribution in [3.8, 4) is 17.2 Å². The van der Waals surface area contributed by atoms with E-state index in [4.69, 9.17) is 25.8 Å². The molecule has 0 unspecified atom stereocenters. The van der Waals surface area contributed by atoms with Crippen LogP contribution < -0.4 is 14.8 Å². The van der Waals surface area contributed by atoms with Crippen LogP contribution in [0.25, 0.3) is 5.69 Å². The van der Waals surface area contributed by atoms with E-state index in [9.17, 15) is 4.79 Å². The number of aryl methyl sites for hydroxylation is 1. The molecule has 0 atom stereocenters. The maximum absolute atomic E-state index is 13.2. The number of hydrogen-bond acceptors (Lipinski definition) is 5. The number of amides is 1. The van der Waals surface area contributed by atoms with Crippen molar-refractivity contribution in [2.24, 2.45) is 0 Å². The van der Waals surface area contributed by atoms with E-state index in [0.717, 1.165) is 35.6 Å². The number of hydrogen-bond donors (Lipinski definition) is 1. The van der Waals surface area contributed by atoms with Crippen molar-refractivity contribution < 1.29 is 19.0 Å². The van der Waals surface area contributed by atoms with Crippen LogP contribution in [0.5, 0.6) is 11.5 Å². The third kappa shape index (κ3) is 3.72. The summed E-state index contributed by atoms with van der Waals surface area (Å²) < 4.78 is 18.2. The minimum Gasteiger partial charge on any atom is -0.454 e. The van der Waals surface area contributed by atoms with Crippen molar-refractivity contribution in [1.82, 2.24) is 15.1 Å². The van der Waals surface area contributed by atoms with Gasteiger partial charge in [0.25, 0.3) is 5.91 Å². The lowest BCUT2D eigenvalue weighted by molar-refractivity contribution is 0.0486. The van der Waals surface area contributed by atoms with Crippen LogP contribution in [0.3, 0.4) is 0 Å². The second kappa shape index (κ2) is 8.48. The zero-order valence-electron chi connectivity index (χ0n) is 17.8. The second-order valence-corrected chi connectivity index (χ2v) is 8.50. The number of nitrogens with zero attached hydrogens (tertiary/aromatic N) is 2. The molecule has 0 radical (unpaired) electrons. The third-order valence-corrected chi connectivity index (χ3v) is 6.60. The Balaban J connectivity index is 1.40. The second-order valence-electron chi connectivity index (χ2n) is 8.14. The SMILES string of the molecule is Cc1nn(-c2ccccc2)c(Cl)c1C(=O)NCC1(c2ccc3c(c2)OCO3)CCOCC1. The zero-order chi connectivity index (χ0) is 22.1. The molecule has 2 aliphatic rings. The van der Waals surface area contributed by atoms with Crippen LogP contribution >= 0.6 is 11.6 Å². The van der Waals surface area contributed by atoms with Gasteiger partial charge in [0.2, 0.25) is 6.79 Å². The quantitative estimate of drug-likeness (QED) is 0.631. The molecule has 1 fully saturated rings. The molecule has 32 heavy (non-hydrogen) atoms. The van der Waals surface area contributed by atoms with Crippen molar-refractivity contribution in [2.45, 2.75) is 25.2 Å². The van der Waals surface area contributed by atoms with Gasteiger partial charge in [0.1, 0.15) is 5.15 Å². The summed E-state index contributed by atoms with van der Waals surface area (Å²) >= 11 is 6.59. The number of aromatic nitrogens is 2. The predicted octanol–water partition coefficient (Wildman–Crippen LogP) is 4.04. The first-order chi connectivity index (χ1) is 15.6. The van der Waals surface area contributed by atoms with Crippen LogP contribution in [0, 0.1) is 6.92 Å². The Morgan fingerprint density at radius 3 is 2.66 bits per heavy atom. The summed E-state index contributed by atoms with van der Waals surface area (Å²) in [5.41, 5.74) is 2.63. The molecule has 2 aromatic carbocycles. The van der Waals surface area contributed by atoms with Gasteiger partial charge < -0.3 is 19.5 Å². The van der Waals surface area contributed by atoms with Crippen molar-refractivity contribution in [2.75, 3.05) is 26.6 Å². The Labute approximate surface area is 191 Å². The van der Waals surface area contributed by atoms with Gasteiger partial charge in [-0.15, -0.1) is 0 Å². The molecule has 1 N–H and O–H groups in total. The van der Waals surface area contributed by atoms with Gasteiger partial charge in [-0.2, -0.15) is 5.10 Å². The number of nitrogens with one attached hydrogen (secondary N) is 1. The molecule has 3 aromatic rings. The van der Waals surface area contributed by atoms with E-state index in [1.54, 1.807) is 11.6 Å². The average Bonchev–Trinajstić information content (AvgIpc) is 3.42. The first-order valence-electron chi connectivity index (χ1n) is 10.6. The van der Waals surface area contributed by atoms with Crippen LogP contribution in [0.1, 0.15) is 34.5 Å². The Kier molecular flexibility index (Phi) is 5.53. The molecule has 3 heterocycles. The fraction of sp³-hybridized carbons (Fsp3) is 0.333. The van der Waals surface area contributed by atoms with E-state index in [0.29, 0.717) is 36.2 Å². The number of halogens is 1. The summed E-state index contributed by atoms with van der Waals surface area (Å²) in [5.74, 6) is 1.25. The maximum atomic E-state index is 13.2. The molecule has 1 saturated heterocycles. The van der Waals surface area contributed by atoms with E-state index >= 15 is 0 Å². The van der Waals surface area contributed by atoms with Gasteiger partial charge in [-0.25, -0.2) is 4.68 Å². The number of rotatable bonds is 5. The fourth-order valence-electron chi connectivity index (χ4n) is 4.39. The van der Waals surface area contributed by atoms with Crippen molar-refractivity contribution in [3.05, 3.63) is 70.5 Å². The third-order valence-electron chi connectivity index (χ3n) is 6.25. The lowest BCUT2D eigenvalue weighted by Crippen LogP contribution is -2.44. The largest absolute Gasteiger partial charge is 0.454 e. The van der Waals surface area contributed by atoms with Crippen LogP contribution in [0.15, 0.2) is 48.5 Å². The normalized spacial score (nSPS) is 16.7. The van der Waals surface area contributed by atoms with Gasteiger partial charge in [-0.05, 0) is 49.6 Å². The molecular weight excluding hydrogens is 430 g/mol. The van der Waals surface area contributed by atoms with Crippen LogP contribution in [0.2, 0.25) is 5.15 Å². The standard InChI is InChI=1S/C24H24ClN3O4/c1-16-21(22(25)28(27-16)18-5-3-2-4-6-18)23(29)26-14-24(9-11-30-12-10-24)17-7-8-19-20(13-17)32-15-31-19/h2-8,13H,9-12,14-15H2,1H3,(H,26,29). The van der Waals surface area contributed by atoms with E-state index < -0.39 is 0 Å². The van der Waals surface area contributed by atoms with Crippen LogP contribution in [0.4, 0.5) is 0 Å². The molecule has 8 heteroatoms. The minimum atomic E-state index is -0.259. The Bertz CT molecular complexity index is 1140. The molecule has 0 aliphatic carbocycles. The lowest BCUT2D eigenvalue weighted by atomic mass is 9.74. The molecule has 2 aliphatic heterocycles. The molecule has 0 spiro atoms. The molecule has 166 valence electrons. The van der Waals surface area contributed by atoms with E-state index in [1.807, 2.05) is 42.5 Å². The first-order valence-corrected chi connectivity index (χ1v) is 11.0. The van der Waals surface area contributed by atoms with Gasteiger partial charge in [0.05, 0.1) is 16.9 Å². The van der Waals surface area contributed by atoms with Crippen molar-refractivity contribution in [1.29, 1.82) is 0 Å². The highest BCUT2D eigenvalue weighted by Crippen LogP contribution is 2.40. The predicted molar refractivity (Wildman–Crippen MR) is 120 cm³/mol. The Morgan fingerprint density at radius 2 is 1.88 bits per heavy atom. The molecule has 0 saturated carbocycles. The van der Waals surface area contributed by atoms with Gasteiger partial charge in [-0.3, -0.25) is 4.79 Å². The molecular formula is C24H24ClN3O4. The monoisotopic (exact) mass is 453 g/mol. The topological polar surface area (TPSA) is 74.6 Å². The summed E-state index contributed by atoms with van der Waals surface area (Å²) in [6.45, 7) is 3.75. The van der Waals surface area contributed by atoms with E-state index in [1.165, 1.54) is 0 Å². The number of carbonyl (C=O) groups is 1. The summed E-state index contributed by atoms with van der Waals surface area (Å²) in [4.78, 5) is 13.2. The smallest absolute Gasteiger partial charge is 0.256 e. The van der Waals surface area contributed by atoms with Crippen molar-refractivity contribution in [3.63, 3.8) is 0 Å². The van der Waals surface area contributed by atoms with Crippen LogP contribution in [-0.4, -0.2) is 42.2 Å². The van der Waals surface area contributed by atoms with Crippen molar-refractivity contribution >= 4 is 17.5 Å². The molecule has 7 nitrogen and oxygen atoms in total.